The molecule has 21 heavy (non-hydrogen) atoms. The SMILES string of the molecule is CCC1CCC(C)N1c1ccc(C)cc1CNC(C)(C)C. The van der Waals surface area contributed by atoms with Crippen LogP contribution in [0.1, 0.15) is 65.0 Å². The van der Waals surface area contributed by atoms with Gasteiger partial charge < -0.3 is 10.2 Å². The maximum Gasteiger partial charge on any atom is 0.0416 e. The van der Waals surface area contributed by atoms with Gasteiger partial charge in [-0.1, -0.05) is 24.6 Å². The van der Waals surface area contributed by atoms with Crippen LogP contribution >= 0.6 is 0 Å². The Balaban J connectivity index is 2.29. The summed E-state index contributed by atoms with van der Waals surface area (Å²) < 4.78 is 0. The summed E-state index contributed by atoms with van der Waals surface area (Å²) >= 11 is 0. The van der Waals surface area contributed by atoms with E-state index in [1.807, 2.05) is 0 Å². The Hall–Kier alpha value is -1.02. The molecule has 0 saturated carbocycles. The molecule has 2 unspecified atom stereocenters. The zero-order chi connectivity index (χ0) is 15.6. The number of hydrogen-bond acceptors (Lipinski definition) is 2. The second-order valence-electron chi connectivity index (χ2n) is 7.63. The molecule has 0 aromatic heterocycles. The van der Waals surface area contributed by atoms with Crippen LogP contribution in [-0.2, 0) is 6.54 Å². The molecule has 0 aliphatic carbocycles. The molecule has 0 bridgehead atoms. The van der Waals surface area contributed by atoms with Gasteiger partial charge in [-0.3, -0.25) is 0 Å². The van der Waals surface area contributed by atoms with Gasteiger partial charge in [-0.25, -0.2) is 0 Å². The number of nitrogens with zero attached hydrogens (tertiary/aromatic N) is 1. The summed E-state index contributed by atoms with van der Waals surface area (Å²) in [5.74, 6) is 0. The Morgan fingerprint density at radius 2 is 1.95 bits per heavy atom. The van der Waals surface area contributed by atoms with Crippen LogP contribution in [0.5, 0.6) is 0 Å². The van der Waals surface area contributed by atoms with E-state index in [9.17, 15) is 0 Å². The highest BCUT2D eigenvalue weighted by molar-refractivity contribution is 5.57. The number of aryl methyl sites for hydroxylation is 1. The Bertz CT molecular complexity index is 473. The Morgan fingerprint density at radius 1 is 1.24 bits per heavy atom. The highest BCUT2D eigenvalue weighted by Gasteiger charge is 2.30. The highest BCUT2D eigenvalue weighted by Crippen LogP contribution is 2.34. The van der Waals surface area contributed by atoms with Gasteiger partial charge in [0.1, 0.15) is 0 Å². The fourth-order valence-electron chi connectivity index (χ4n) is 3.37. The van der Waals surface area contributed by atoms with Crippen molar-refractivity contribution in [3.05, 3.63) is 29.3 Å². The van der Waals surface area contributed by atoms with Crippen molar-refractivity contribution >= 4 is 5.69 Å². The third kappa shape index (κ3) is 4.00. The highest BCUT2D eigenvalue weighted by atomic mass is 15.2. The van der Waals surface area contributed by atoms with Crippen LogP contribution in [0.2, 0.25) is 0 Å². The Morgan fingerprint density at radius 3 is 2.57 bits per heavy atom. The van der Waals surface area contributed by atoms with Crippen LogP contribution in [0.4, 0.5) is 5.69 Å². The predicted octanol–water partition coefficient (Wildman–Crippen LogP) is 4.65. The fraction of sp³-hybridized carbons (Fsp3) is 0.684. The second-order valence-corrected chi connectivity index (χ2v) is 7.63. The zero-order valence-electron chi connectivity index (χ0n) is 14.7. The number of hydrogen-bond donors (Lipinski definition) is 1. The van der Waals surface area contributed by atoms with Crippen LogP contribution < -0.4 is 10.2 Å². The third-order valence-electron chi connectivity index (χ3n) is 4.58. The maximum absolute atomic E-state index is 3.65. The van der Waals surface area contributed by atoms with Crippen molar-refractivity contribution in [1.82, 2.24) is 5.32 Å². The first-order valence-electron chi connectivity index (χ1n) is 8.44. The van der Waals surface area contributed by atoms with E-state index in [0.29, 0.717) is 12.1 Å². The number of benzene rings is 1. The van der Waals surface area contributed by atoms with Crippen molar-refractivity contribution < 1.29 is 0 Å². The smallest absolute Gasteiger partial charge is 0.0416 e. The minimum absolute atomic E-state index is 0.155. The largest absolute Gasteiger partial charge is 0.366 e. The number of rotatable bonds is 4. The van der Waals surface area contributed by atoms with E-state index in [-0.39, 0.29) is 5.54 Å². The quantitative estimate of drug-likeness (QED) is 0.867. The summed E-state index contributed by atoms with van der Waals surface area (Å²) in [7, 11) is 0. The van der Waals surface area contributed by atoms with Crippen molar-refractivity contribution in [1.29, 1.82) is 0 Å². The van der Waals surface area contributed by atoms with E-state index in [1.54, 1.807) is 0 Å². The lowest BCUT2D eigenvalue weighted by molar-refractivity contribution is 0.424. The molecule has 0 spiro atoms. The number of nitrogens with one attached hydrogen (secondary N) is 1. The summed E-state index contributed by atoms with van der Waals surface area (Å²) in [6, 6.07) is 8.31. The molecule has 1 aliphatic rings. The molecule has 1 aromatic carbocycles. The van der Waals surface area contributed by atoms with Gasteiger partial charge in [-0.2, -0.15) is 0 Å². The summed E-state index contributed by atoms with van der Waals surface area (Å²) in [5.41, 5.74) is 4.39. The summed E-state index contributed by atoms with van der Waals surface area (Å²) in [4.78, 5) is 2.67. The van der Waals surface area contributed by atoms with Crippen LogP contribution in [0.25, 0.3) is 0 Å². The summed E-state index contributed by atoms with van der Waals surface area (Å²) in [6.45, 7) is 14.5. The number of anilines is 1. The predicted molar refractivity (Wildman–Crippen MR) is 93.0 cm³/mol. The van der Waals surface area contributed by atoms with Crippen molar-refractivity contribution in [3.63, 3.8) is 0 Å². The summed E-state index contributed by atoms with van der Waals surface area (Å²) in [5, 5.41) is 3.65. The first-order valence-corrected chi connectivity index (χ1v) is 8.44. The minimum atomic E-state index is 0.155. The zero-order valence-corrected chi connectivity index (χ0v) is 14.7. The van der Waals surface area contributed by atoms with Gasteiger partial charge in [-0.05, 0) is 65.5 Å². The molecule has 2 nitrogen and oxygen atoms in total. The lowest BCUT2D eigenvalue weighted by Gasteiger charge is -2.33. The van der Waals surface area contributed by atoms with Gasteiger partial charge in [0.25, 0.3) is 0 Å². The van der Waals surface area contributed by atoms with Crippen molar-refractivity contribution in [2.45, 2.75) is 85.0 Å². The van der Waals surface area contributed by atoms with E-state index < -0.39 is 0 Å². The van der Waals surface area contributed by atoms with E-state index >= 15 is 0 Å². The van der Waals surface area contributed by atoms with Crippen molar-refractivity contribution in [2.24, 2.45) is 0 Å². The van der Waals surface area contributed by atoms with Crippen LogP contribution in [-0.4, -0.2) is 17.6 Å². The molecular weight excluding hydrogens is 256 g/mol. The molecule has 0 amide bonds. The Labute approximate surface area is 130 Å². The van der Waals surface area contributed by atoms with Crippen molar-refractivity contribution in [2.75, 3.05) is 4.90 Å². The molecule has 1 saturated heterocycles. The molecule has 1 heterocycles. The van der Waals surface area contributed by atoms with Gasteiger partial charge in [-0.15, -0.1) is 0 Å². The van der Waals surface area contributed by atoms with Gasteiger partial charge in [0, 0.05) is 29.9 Å². The standard InChI is InChI=1S/C19H32N2/c1-7-17-10-9-15(3)21(17)18-11-8-14(2)12-16(18)13-20-19(4,5)6/h8,11-12,15,17,20H,7,9-10,13H2,1-6H3. The molecule has 1 fully saturated rings. The first-order chi connectivity index (χ1) is 9.81. The topological polar surface area (TPSA) is 15.3 Å². The average Bonchev–Trinajstić information content (AvgIpc) is 2.77. The van der Waals surface area contributed by atoms with E-state index in [1.165, 1.54) is 36.1 Å². The monoisotopic (exact) mass is 288 g/mol. The van der Waals surface area contributed by atoms with Crippen LogP contribution in [0.3, 0.4) is 0 Å². The van der Waals surface area contributed by atoms with E-state index in [4.69, 9.17) is 0 Å². The lowest BCUT2D eigenvalue weighted by Crippen LogP contribution is -2.38. The maximum atomic E-state index is 3.65. The van der Waals surface area contributed by atoms with Crippen LogP contribution in [0.15, 0.2) is 18.2 Å². The van der Waals surface area contributed by atoms with Crippen molar-refractivity contribution in [3.8, 4) is 0 Å². The molecule has 1 aromatic rings. The normalized spacial score (nSPS) is 22.9. The average molecular weight is 288 g/mol. The molecule has 2 heteroatoms. The molecule has 2 rings (SSSR count). The van der Waals surface area contributed by atoms with Crippen LogP contribution in [0, 0.1) is 6.92 Å². The molecule has 1 aliphatic heterocycles. The van der Waals surface area contributed by atoms with Gasteiger partial charge >= 0.3 is 0 Å². The minimum Gasteiger partial charge on any atom is -0.366 e. The summed E-state index contributed by atoms with van der Waals surface area (Å²) in [6.07, 6.45) is 3.89. The van der Waals surface area contributed by atoms with E-state index in [0.717, 1.165) is 6.54 Å². The second kappa shape index (κ2) is 6.39. The molecule has 2 atom stereocenters. The molecule has 0 radical (unpaired) electrons. The van der Waals surface area contributed by atoms with E-state index in [2.05, 4.69) is 70.0 Å². The third-order valence-corrected chi connectivity index (χ3v) is 4.58. The molecule has 1 N–H and O–H groups in total. The Kier molecular flexibility index (Phi) is 4.98. The first kappa shape index (κ1) is 16.4. The fourth-order valence-corrected chi connectivity index (χ4v) is 3.37. The molecular formula is C19H32N2. The van der Waals surface area contributed by atoms with Gasteiger partial charge in [0.15, 0.2) is 0 Å². The lowest BCUT2D eigenvalue weighted by atomic mass is 10.0. The van der Waals surface area contributed by atoms with Gasteiger partial charge in [0.05, 0.1) is 0 Å². The molecule has 118 valence electrons. The van der Waals surface area contributed by atoms with Gasteiger partial charge in [0.2, 0.25) is 0 Å².